The molecular formula is C12H12O4. The Bertz CT molecular complexity index is 395. The Morgan fingerprint density at radius 1 is 1.12 bits per heavy atom. The van der Waals surface area contributed by atoms with E-state index in [2.05, 4.69) is 4.74 Å². The van der Waals surface area contributed by atoms with E-state index >= 15 is 0 Å². The maximum atomic E-state index is 11.4. The van der Waals surface area contributed by atoms with Gasteiger partial charge < -0.3 is 4.74 Å². The summed E-state index contributed by atoms with van der Waals surface area (Å²) >= 11 is 0. The van der Waals surface area contributed by atoms with Crippen molar-refractivity contribution in [3.8, 4) is 0 Å². The average Bonchev–Trinajstić information content (AvgIpc) is 2.29. The molecule has 0 aliphatic rings. The second-order valence-corrected chi connectivity index (χ2v) is 3.20. The van der Waals surface area contributed by atoms with Crippen LogP contribution >= 0.6 is 0 Å². The third-order valence-corrected chi connectivity index (χ3v) is 1.95. The van der Waals surface area contributed by atoms with E-state index in [1.807, 2.05) is 0 Å². The molecule has 1 rings (SSSR count). The Hall–Kier alpha value is -1.97. The molecule has 4 nitrogen and oxygen atoms in total. The zero-order valence-electron chi connectivity index (χ0n) is 8.93. The minimum atomic E-state index is -0.805. The number of benzene rings is 1. The van der Waals surface area contributed by atoms with Crippen LogP contribution in [0.3, 0.4) is 0 Å². The predicted octanol–water partition coefficient (Wildman–Crippen LogP) is 1.74. The zero-order chi connectivity index (χ0) is 12.0. The molecule has 4 heteroatoms. The van der Waals surface area contributed by atoms with Crippen LogP contribution in [0.25, 0.3) is 0 Å². The average molecular weight is 220 g/mol. The molecule has 0 atom stereocenters. The standard InChI is InChI=1S/C12H12O4/c1-2-10(13)8-11(14)16-12(15)9-6-4-3-5-7-9/h3-7H,2,8H2,1H3. The molecule has 1 aromatic carbocycles. The van der Waals surface area contributed by atoms with Crippen LogP contribution in [0.5, 0.6) is 0 Å². The Morgan fingerprint density at radius 2 is 1.75 bits per heavy atom. The maximum absolute atomic E-state index is 11.4. The number of hydrogen-bond acceptors (Lipinski definition) is 4. The summed E-state index contributed by atoms with van der Waals surface area (Å²) < 4.78 is 4.51. The van der Waals surface area contributed by atoms with Gasteiger partial charge in [-0.15, -0.1) is 0 Å². The van der Waals surface area contributed by atoms with Gasteiger partial charge in [-0.25, -0.2) is 4.79 Å². The summed E-state index contributed by atoms with van der Waals surface area (Å²) in [6.07, 6.45) is -0.0936. The first kappa shape index (κ1) is 12.1. The van der Waals surface area contributed by atoms with E-state index < -0.39 is 11.9 Å². The predicted molar refractivity (Wildman–Crippen MR) is 56.8 cm³/mol. The van der Waals surface area contributed by atoms with Crippen molar-refractivity contribution in [3.63, 3.8) is 0 Å². The van der Waals surface area contributed by atoms with Gasteiger partial charge in [0.15, 0.2) is 0 Å². The summed E-state index contributed by atoms with van der Waals surface area (Å²) in [4.78, 5) is 33.4. The smallest absolute Gasteiger partial charge is 0.345 e. The summed E-state index contributed by atoms with van der Waals surface area (Å²) in [6, 6.07) is 8.16. The second-order valence-electron chi connectivity index (χ2n) is 3.20. The number of rotatable bonds is 4. The molecule has 0 fully saturated rings. The first-order valence-electron chi connectivity index (χ1n) is 4.95. The molecule has 16 heavy (non-hydrogen) atoms. The molecule has 0 aliphatic carbocycles. The minimum Gasteiger partial charge on any atom is -0.389 e. The number of ketones is 1. The number of carbonyl (C=O) groups is 3. The van der Waals surface area contributed by atoms with E-state index in [1.54, 1.807) is 25.1 Å². The minimum absolute atomic E-state index is 0.245. The van der Waals surface area contributed by atoms with Crippen LogP contribution < -0.4 is 0 Å². The van der Waals surface area contributed by atoms with Crippen molar-refractivity contribution in [3.05, 3.63) is 35.9 Å². The summed E-state index contributed by atoms with van der Waals surface area (Å²) in [5.74, 6) is -1.78. The number of esters is 2. The molecule has 0 aliphatic heterocycles. The molecule has 0 amide bonds. The van der Waals surface area contributed by atoms with Gasteiger partial charge in [-0.2, -0.15) is 0 Å². The highest BCUT2D eigenvalue weighted by Gasteiger charge is 2.14. The van der Waals surface area contributed by atoms with E-state index in [0.717, 1.165) is 0 Å². The molecule has 0 N–H and O–H groups in total. The fourth-order valence-electron chi connectivity index (χ4n) is 1.06. The summed E-state index contributed by atoms with van der Waals surface area (Å²) in [7, 11) is 0. The lowest BCUT2D eigenvalue weighted by Gasteiger charge is -2.01. The van der Waals surface area contributed by atoms with Crippen molar-refractivity contribution >= 4 is 17.7 Å². The van der Waals surface area contributed by atoms with Crippen molar-refractivity contribution in [1.82, 2.24) is 0 Å². The van der Waals surface area contributed by atoms with Gasteiger partial charge >= 0.3 is 11.9 Å². The van der Waals surface area contributed by atoms with E-state index in [1.165, 1.54) is 12.1 Å². The summed E-state index contributed by atoms with van der Waals surface area (Å²) in [5, 5.41) is 0. The molecule has 0 radical (unpaired) electrons. The molecule has 0 saturated carbocycles. The van der Waals surface area contributed by atoms with Crippen LogP contribution in [0.2, 0.25) is 0 Å². The molecule has 0 spiro atoms. The zero-order valence-corrected chi connectivity index (χ0v) is 8.93. The van der Waals surface area contributed by atoms with E-state index in [4.69, 9.17) is 0 Å². The lowest BCUT2D eigenvalue weighted by Crippen LogP contribution is -2.15. The Balaban J connectivity index is 2.52. The Morgan fingerprint density at radius 3 is 2.31 bits per heavy atom. The highest BCUT2D eigenvalue weighted by molar-refractivity contribution is 6.02. The Labute approximate surface area is 93.2 Å². The van der Waals surface area contributed by atoms with Crippen LogP contribution in [0.1, 0.15) is 30.1 Å². The van der Waals surface area contributed by atoms with Crippen LogP contribution in [0.4, 0.5) is 0 Å². The third kappa shape index (κ3) is 3.65. The van der Waals surface area contributed by atoms with Crippen LogP contribution in [0.15, 0.2) is 30.3 Å². The maximum Gasteiger partial charge on any atom is 0.345 e. The van der Waals surface area contributed by atoms with Crippen LogP contribution in [-0.4, -0.2) is 17.7 Å². The molecule has 0 saturated heterocycles. The lowest BCUT2D eigenvalue weighted by atomic mass is 10.2. The van der Waals surface area contributed by atoms with Crippen molar-refractivity contribution in [1.29, 1.82) is 0 Å². The van der Waals surface area contributed by atoms with Gasteiger partial charge in [0.25, 0.3) is 0 Å². The van der Waals surface area contributed by atoms with Gasteiger partial charge in [0.1, 0.15) is 12.2 Å². The normalized spacial score (nSPS) is 9.56. The fraction of sp³-hybridized carbons (Fsp3) is 0.250. The quantitative estimate of drug-likeness (QED) is 0.572. The molecule has 0 bridgehead atoms. The van der Waals surface area contributed by atoms with Gasteiger partial charge in [0.05, 0.1) is 5.56 Å². The summed E-state index contributed by atoms with van der Waals surface area (Å²) in [6.45, 7) is 1.65. The molecule has 1 aromatic rings. The van der Waals surface area contributed by atoms with Gasteiger partial charge in [-0.1, -0.05) is 25.1 Å². The van der Waals surface area contributed by atoms with Crippen molar-refractivity contribution < 1.29 is 19.1 Å². The van der Waals surface area contributed by atoms with E-state index in [0.29, 0.717) is 5.56 Å². The van der Waals surface area contributed by atoms with Crippen LogP contribution in [0, 0.1) is 0 Å². The number of carbonyl (C=O) groups excluding carboxylic acids is 3. The molecular weight excluding hydrogens is 208 g/mol. The van der Waals surface area contributed by atoms with E-state index in [9.17, 15) is 14.4 Å². The van der Waals surface area contributed by atoms with Gasteiger partial charge in [0, 0.05) is 6.42 Å². The molecule has 0 aromatic heterocycles. The topological polar surface area (TPSA) is 60.4 Å². The monoisotopic (exact) mass is 220 g/mol. The first-order valence-corrected chi connectivity index (χ1v) is 4.95. The van der Waals surface area contributed by atoms with Gasteiger partial charge in [0.2, 0.25) is 0 Å². The van der Waals surface area contributed by atoms with Crippen LogP contribution in [-0.2, 0) is 14.3 Å². The SMILES string of the molecule is CCC(=O)CC(=O)OC(=O)c1ccccc1. The third-order valence-electron chi connectivity index (χ3n) is 1.95. The van der Waals surface area contributed by atoms with Gasteiger partial charge in [-0.3, -0.25) is 9.59 Å². The highest BCUT2D eigenvalue weighted by atomic mass is 16.6. The largest absolute Gasteiger partial charge is 0.389 e. The fourth-order valence-corrected chi connectivity index (χ4v) is 1.06. The van der Waals surface area contributed by atoms with Gasteiger partial charge in [-0.05, 0) is 12.1 Å². The number of ether oxygens (including phenoxy) is 1. The second kappa shape index (κ2) is 5.80. The number of Topliss-reactive ketones (excluding diaryl/α,β-unsaturated/α-hetero) is 1. The molecule has 84 valence electrons. The highest BCUT2D eigenvalue weighted by Crippen LogP contribution is 2.02. The molecule has 0 heterocycles. The van der Waals surface area contributed by atoms with Crippen molar-refractivity contribution in [2.24, 2.45) is 0 Å². The van der Waals surface area contributed by atoms with Crippen molar-refractivity contribution in [2.75, 3.05) is 0 Å². The van der Waals surface area contributed by atoms with Crippen molar-refractivity contribution in [2.45, 2.75) is 19.8 Å². The molecule has 0 unspecified atom stereocenters. The Kier molecular flexibility index (Phi) is 4.39. The first-order chi connectivity index (χ1) is 7.63. The van der Waals surface area contributed by atoms with E-state index in [-0.39, 0.29) is 18.6 Å². The number of hydrogen-bond donors (Lipinski definition) is 0. The summed E-state index contributed by atoms with van der Waals surface area (Å²) in [5.41, 5.74) is 0.291. The lowest BCUT2D eigenvalue weighted by molar-refractivity contribution is -0.140.